The summed E-state index contributed by atoms with van der Waals surface area (Å²) in [5, 5.41) is 20.0. The van der Waals surface area contributed by atoms with Crippen LogP contribution in [0.15, 0.2) is 36.7 Å². The molecule has 0 bridgehead atoms. The summed E-state index contributed by atoms with van der Waals surface area (Å²) in [6.45, 7) is 2.73. The normalized spacial score (nSPS) is 20.1. The average molecular weight is 446 g/mol. The molecule has 2 aliphatic rings. The van der Waals surface area contributed by atoms with Gasteiger partial charge in [0.2, 0.25) is 11.9 Å². The molecular weight excluding hydrogens is 418 g/mol. The molecule has 33 heavy (non-hydrogen) atoms. The smallest absolute Gasteiger partial charge is 0.242 e. The van der Waals surface area contributed by atoms with E-state index in [1.807, 2.05) is 41.3 Å². The van der Waals surface area contributed by atoms with E-state index in [2.05, 4.69) is 21.0 Å². The lowest BCUT2D eigenvalue weighted by atomic mass is 10.1. The molecule has 0 spiro atoms. The molecule has 1 aromatic carbocycles. The van der Waals surface area contributed by atoms with E-state index in [0.717, 1.165) is 61.7 Å². The van der Waals surface area contributed by atoms with Crippen LogP contribution < -0.4 is 16.0 Å². The summed E-state index contributed by atoms with van der Waals surface area (Å²) in [5.74, 6) is 1.12. The van der Waals surface area contributed by atoms with Crippen molar-refractivity contribution in [2.45, 2.75) is 44.2 Å². The highest BCUT2D eigenvalue weighted by molar-refractivity contribution is 5.93. The van der Waals surface area contributed by atoms with Gasteiger partial charge in [0.15, 0.2) is 11.5 Å². The molecule has 2 saturated heterocycles. The number of rotatable bonds is 4. The number of amides is 1. The molecular formula is C23H27N9O. The molecule has 10 nitrogen and oxygen atoms in total. The first-order valence-corrected chi connectivity index (χ1v) is 11.7. The molecule has 3 aromatic heterocycles. The average Bonchev–Trinajstić information content (AvgIpc) is 3.47. The molecule has 6 rings (SSSR count). The van der Waals surface area contributed by atoms with Crippen molar-refractivity contribution in [3.63, 3.8) is 0 Å². The predicted octanol–water partition coefficient (Wildman–Crippen LogP) is 2.15. The van der Waals surface area contributed by atoms with E-state index in [1.165, 1.54) is 0 Å². The van der Waals surface area contributed by atoms with Gasteiger partial charge in [-0.25, -0.2) is 9.97 Å². The molecule has 0 unspecified atom stereocenters. The second kappa shape index (κ2) is 8.43. The molecule has 2 fully saturated rings. The Morgan fingerprint density at radius 1 is 1.03 bits per heavy atom. The fourth-order valence-corrected chi connectivity index (χ4v) is 4.73. The third-order valence-corrected chi connectivity index (χ3v) is 6.56. The minimum absolute atomic E-state index is 0.000745. The van der Waals surface area contributed by atoms with Crippen LogP contribution in [0, 0.1) is 0 Å². The van der Waals surface area contributed by atoms with Crippen LogP contribution in [0.1, 0.15) is 38.1 Å². The first-order chi connectivity index (χ1) is 16.3. The zero-order valence-electron chi connectivity index (χ0n) is 18.4. The third-order valence-electron chi connectivity index (χ3n) is 6.56. The molecule has 5 heterocycles. The summed E-state index contributed by atoms with van der Waals surface area (Å²) in [7, 11) is 0. The second-order valence-corrected chi connectivity index (χ2v) is 8.80. The number of piperidine rings is 1. The highest BCUT2D eigenvalue weighted by Crippen LogP contribution is 2.26. The van der Waals surface area contributed by atoms with Gasteiger partial charge in [0, 0.05) is 18.1 Å². The Labute approximate surface area is 190 Å². The Morgan fingerprint density at radius 3 is 2.82 bits per heavy atom. The lowest BCUT2D eigenvalue weighted by Crippen LogP contribution is -2.38. The van der Waals surface area contributed by atoms with Crippen LogP contribution in [0.25, 0.3) is 27.9 Å². The van der Waals surface area contributed by atoms with Crippen LogP contribution in [0.4, 0.5) is 5.95 Å². The minimum Gasteiger partial charge on any atom is -0.354 e. The molecule has 0 radical (unpaired) electrons. The van der Waals surface area contributed by atoms with Crippen LogP contribution in [0.3, 0.4) is 0 Å². The van der Waals surface area contributed by atoms with E-state index in [9.17, 15) is 4.79 Å². The van der Waals surface area contributed by atoms with Gasteiger partial charge in [-0.3, -0.25) is 9.48 Å². The van der Waals surface area contributed by atoms with Crippen molar-refractivity contribution in [2.24, 2.45) is 0 Å². The summed E-state index contributed by atoms with van der Waals surface area (Å²) >= 11 is 0. The SMILES string of the molecule is O=C1NCCCC[C@H]1Nc1nc2ccccc2c2nc(-c3cnn(C4CCNCC4)c3)nn12. The summed E-state index contributed by atoms with van der Waals surface area (Å²) in [6, 6.07) is 7.92. The van der Waals surface area contributed by atoms with Crippen LogP contribution in [-0.4, -0.2) is 60.9 Å². The summed E-state index contributed by atoms with van der Waals surface area (Å²) < 4.78 is 3.75. The molecule has 0 aliphatic carbocycles. The number of nitrogens with one attached hydrogen (secondary N) is 3. The topological polar surface area (TPSA) is 114 Å². The number of para-hydroxylation sites is 1. The number of hydrogen-bond acceptors (Lipinski definition) is 7. The van der Waals surface area contributed by atoms with Gasteiger partial charge in [-0.1, -0.05) is 12.1 Å². The highest BCUT2D eigenvalue weighted by atomic mass is 16.2. The number of fused-ring (bicyclic) bond motifs is 3. The highest BCUT2D eigenvalue weighted by Gasteiger charge is 2.24. The molecule has 1 amide bonds. The number of aromatic nitrogens is 6. The standard InChI is InChI=1S/C23H27N9O/c33-22-19(7-3-4-10-25-22)28-23-27-18-6-2-1-5-17(18)21-29-20(30-32(21)23)15-13-26-31(14-15)16-8-11-24-12-9-16/h1-2,5-6,13-14,16,19,24H,3-4,7-12H2,(H,25,33)(H,27,28)/t19-/m1/s1. The monoisotopic (exact) mass is 445 g/mol. The second-order valence-electron chi connectivity index (χ2n) is 8.80. The van der Waals surface area contributed by atoms with Crippen molar-refractivity contribution < 1.29 is 4.79 Å². The quantitative estimate of drug-likeness (QED) is 0.441. The number of nitrogens with zero attached hydrogens (tertiary/aromatic N) is 6. The van der Waals surface area contributed by atoms with Gasteiger partial charge < -0.3 is 16.0 Å². The molecule has 4 aromatic rings. The molecule has 0 saturated carbocycles. The van der Waals surface area contributed by atoms with Crippen molar-refractivity contribution in [3.8, 4) is 11.4 Å². The van der Waals surface area contributed by atoms with Gasteiger partial charge in [0.25, 0.3) is 0 Å². The first kappa shape index (κ1) is 20.1. The summed E-state index contributed by atoms with van der Waals surface area (Å²) in [6.07, 6.45) is 8.71. The van der Waals surface area contributed by atoms with E-state index in [1.54, 1.807) is 4.52 Å². The fraction of sp³-hybridized carbons (Fsp3) is 0.435. The van der Waals surface area contributed by atoms with Crippen LogP contribution >= 0.6 is 0 Å². The van der Waals surface area contributed by atoms with E-state index in [-0.39, 0.29) is 11.9 Å². The zero-order valence-corrected chi connectivity index (χ0v) is 18.4. The van der Waals surface area contributed by atoms with Crippen LogP contribution in [0.5, 0.6) is 0 Å². The lowest BCUT2D eigenvalue weighted by molar-refractivity contribution is -0.121. The zero-order chi connectivity index (χ0) is 22.2. The van der Waals surface area contributed by atoms with E-state index < -0.39 is 0 Å². The van der Waals surface area contributed by atoms with E-state index in [0.29, 0.717) is 30.0 Å². The maximum atomic E-state index is 12.5. The van der Waals surface area contributed by atoms with Gasteiger partial charge >= 0.3 is 0 Å². The number of hydrogen-bond donors (Lipinski definition) is 3. The summed E-state index contributed by atoms with van der Waals surface area (Å²) in [5.41, 5.74) is 2.40. The Hall–Kier alpha value is -3.53. The third kappa shape index (κ3) is 3.80. The molecule has 3 N–H and O–H groups in total. The summed E-state index contributed by atoms with van der Waals surface area (Å²) in [4.78, 5) is 22.2. The first-order valence-electron chi connectivity index (χ1n) is 11.7. The fourth-order valence-electron chi connectivity index (χ4n) is 4.73. The largest absolute Gasteiger partial charge is 0.354 e. The number of carbonyl (C=O) groups excluding carboxylic acids is 1. The van der Waals surface area contributed by atoms with E-state index in [4.69, 9.17) is 15.1 Å². The Morgan fingerprint density at radius 2 is 1.91 bits per heavy atom. The lowest BCUT2D eigenvalue weighted by Gasteiger charge is -2.22. The van der Waals surface area contributed by atoms with Crippen molar-refractivity contribution in [2.75, 3.05) is 25.0 Å². The Kier molecular flexibility index (Phi) is 5.14. The van der Waals surface area contributed by atoms with E-state index >= 15 is 0 Å². The molecule has 2 aliphatic heterocycles. The van der Waals surface area contributed by atoms with Crippen molar-refractivity contribution in [3.05, 3.63) is 36.7 Å². The maximum absolute atomic E-state index is 12.5. The molecule has 170 valence electrons. The van der Waals surface area contributed by atoms with Crippen LogP contribution in [0.2, 0.25) is 0 Å². The van der Waals surface area contributed by atoms with Crippen LogP contribution in [-0.2, 0) is 4.79 Å². The molecule has 10 heteroatoms. The Balaban J connectivity index is 1.41. The van der Waals surface area contributed by atoms with Gasteiger partial charge in [0.05, 0.1) is 23.3 Å². The molecule has 1 atom stereocenters. The number of anilines is 1. The maximum Gasteiger partial charge on any atom is 0.242 e. The van der Waals surface area contributed by atoms with Gasteiger partial charge in [-0.15, -0.1) is 5.10 Å². The Bertz CT molecular complexity index is 1300. The van der Waals surface area contributed by atoms with Crippen molar-refractivity contribution in [1.82, 2.24) is 40.0 Å². The number of carbonyl (C=O) groups is 1. The van der Waals surface area contributed by atoms with Gasteiger partial charge in [0.1, 0.15) is 6.04 Å². The number of benzene rings is 1. The van der Waals surface area contributed by atoms with Gasteiger partial charge in [-0.2, -0.15) is 9.61 Å². The minimum atomic E-state index is -0.348. The van der Waals surface area contributed by atoms with Crippen molar-refractivity contribution in [1.29, 1.82) is 0 Å². The van der Waals surface area contributed by atoms with Crippen molar-refractivity contribution >= 4 is 28.4 Å². The van der Waals surface area contributed by atoms with Gasteiger partial charge in [-0.05, 0) is 57.3 Å². The predicted molar refractivity (Wildman–Crippen MR) is 125 cm³/mol.